The Bertz CT molecular complexity index is 108. The van der Waals surface area contributed by atoms with Crippen molar-refractivity contribution in [3.63, 3.8) is 0 Å². The van der Waals surface area contributed by atoms with Gasteiger partial charge >= 0.3 is 0 Å². The Balaban J connectivity index is 2.01. The van der Waals surface area contributed by atoms with Crippen molar-refractivity contribution >= 4 is 6.21 Å². The molecule has 10 heavy (non-hydrogen) atoms. The monoisotopic (exact) mass is 143 g/mol. The largest absolute Gasteiger partial charge is 0.396 e. The number of ether oxygens (including phenoxy) is 1. The maximum atomic E-state index is 5.16. The first-order chi connectivity index (χ1) is 4.93. The van der Waals surface area contributed by atoms with Gasteiger partial charge in [-0.25, -0.2) is 0 Å². The maximum absolute atomic E-state index is 5.16. The van der Waals surface area contributed by atoms with Crippen LogP contribution in [0.2, 0.25) is 0 Å². The fourth-order valence-corrected chi connectivity index (χ4v) is 0.938. The number of oxime groups is 1. The Morgan fingerprint density at radius 2 is 2.70 bits per heavy atom. The minimum Gasteiger partial charge on any atom is -0.396 e. The van der Waals surface area contributed by atoms with E-state index in [1.165, 1.54) is 0 Å². The van der Waals surface area contributed by atoms with Gasteiger partial charge in [0.15, 0.2) is 0 Å². The summed E-state index contributed by atoms with van der Waals surface area (Å²) >= 11 is 0. The van der Waals surface area contributed by atoms with Crippen molar-refractivity contribution in [3.8, 4) is 0 Å². The number of hydrogen-bond acceptors (Lipinski definition) is 3. The van der Waals surface area contributed by atoms with E-state index in [0.717, 1.165) is 19.6 Å². The van der Waals surface area contributed by atoms with E-state index < -0.39 is 0 Å². The van der Waals surface area contributed by atoms with E-state index in [0.29, 0.717) is 12.5 Å². The highest BCUT2D eigenvalue weighted by Crippen LogP contribution is 2.11. The Morgan fingerprint density at radius 3 is 3.30 bits per heavy atom. The number of hydrogen-bond donors (Lipinski definition) is 0. The highest BCUT2D eigenvalue weighted by molar-refractivity contribution is 5.52. The van der Waals surface area contributed by atoms with E-state index in [1.807, 2.05) is 6.92 Å². The molecule has 1 aliphatic rings. The van der Waals surface area contributed by atoms with Crippen LogP contribution in [0.5, 0.6) is 0 Å². The van der Waals surface area contributed by atoms with Gasteiger partial charge in [-0.1, -0.05) is 5.16 Å². The summed E-state index contributed by atoms with van der Waals surface area (Å²) in [6, 6.07) is 0. The summed E-state index contributed by atoms with van der Waals surface area (Å²) in [5.41, 5.74) is 0. The zero-order chi connectivity index (χ0) is 7.23. The molecule has 3 nitrogen and oxygen atoms in total. The minimum absolute atomic E-state index is 0.559. The summed E-state index contributed by atoms with van der Waals surface area (Å²) in [5, 5.41) is 3.65. The van der Waals surface area contributed by atoms with Gasteiger partial charge in [-0.05, 0) is 13.3 Å². The Hall–Kier alpha value is -0.570. The normalized spacial score (nSPS) is 25.9. The molecule has 58 valence electrons. The van der Waals surface area contributed by atoms with Crippen LogP contribution in [0.3, 0.4) is 0 Å². The topological polar surface area (TPSA) is 30.8 Å². The van der Waals surface area contributed by atoms with Gasteiger partial charge < -0.3 is 9.57 Å². The van der Waals surface area contributed by atoms with Crippen LogP contribution in [0, 0.1) is 5.92 Å². The van der Waals surface area contributed by atoms with Crippen LogP contribution in [0.15, 0.2) is 5.16 Å². The highest BCUT2D eigenvalue weighted by Gasteiger charge is 2.15. The van der Waals surface area contributed by atoms with Crippen molar-refractivity contribution in [1.82, 2.24) is 0 Å². The average Bonchev–Trinajstić information content (AvgIpc) is 2.41. The van der Waals surface area contributed by atoms with Gasteiger partial charge in [0.05, 0.1) is 6.61 Å². The molecular weight excluding hydrogens is 130 g/mol. The van der Waals surface area contributed by atoms with E-state index >= 15 is 0 Å². The van der Waals surface area contributed by atoms with E-state index in [4.69, 9.17) is 9.57 Å². The summed E-state index contributed by atoms with van der Waals surface area (Å²) in [4.78, 5) is 4.96. The molecule has 1 atom stereocenters. The van der Waals surface area contributed by atoms with Gasteiger partial charge in [0.25, 0.3) is 0 Å². The van der Waals surface area contributed by atoms with Gasteiger partial charge in [-0.3, -0.25) is 0 Å². The molecule has 1 rings (SSSR count). The molecular formula is C7H13NO2. The molecule has 1 fully saturated rings. The van der Waals surface area contributed by atoms with Gasteiger partial charge in [0.2, 0.25) is 0 Å². The molecule has 1 unspecified atom stereocenters. The van der Waals surface area contributed by atoms with Crippen LogP contribution in [-0.2, 0) is 9.57 Å². The van der Waals surface area contributed by atoms with Crippen LogP contribution in [-0.4, -0.2) is 26.0 Å². The van der Waals surface area contributed by atoms with Crippen molar-refractivity contribution < 1.29 is 9.57 Å². The zero-order valence-electron chi connectivity index (χ0n) is 6.25. The highest BCUT2D eigenvalue weighted by atomic mass is 16.6. The summed E-state index contributed by atoms with van der Waals surface area (Å²) in [6.45, 7) is 4.25. The van der Waals surface area contributed by atoms with E-state index in [-0.39, 0.29) is 0 Å². The first-order valence-corrected chi connectivity index (χ1v) is 3.61. The Morgan fingerprint density at radius 1 is 1.80 bits per heavy atom. The Kier molecular flexibility index (Phi) is 3.22. The molecule has 0 saturated carbocycles. The third-order valence-electron chi connectivity index (χ3n) is 1.51. The molecule has 1 aliphatic heterocycles. The zero-order valence-corrected chi connectivity index (χ0v) is 6.25. The predicted molar refractivity (Wildman–Crippen MR) is 39.0 cm³/mol. The molecule has 0 aromatic heterocycles. The molecule has 1 heterocycles. The number of rotatable bonds is 3. The van der Waals surface area contributed by atoms with Crippen LogP contribution in [0.4, 0.5) is 0 Å². The fraction of sp³-hybridized carbons (Fsp3) is 0.857. The van der Waals surface area contributed by atoms with Crippen LogP contribution in [0.1, 0.15) is 13.3 Å². The first kappa shape index (κ1) is 7.54. The molecule has 0 N–H and O–H groups in total. The van der Waals surface area contributed by atoms with Crippen molar-refractivity contribution in [3.05, 3.63) is 0 Å². The molecule has 1 saturated heterocycles. The summed E-state index contributed by atoms with van der Waals surface area (Å²) in [6.07, 6.45) is 2.76. The molecule has 0 aromatic rings. The van der Waals surface area contributed by atoms with Gasteiger partial charge in [0, 0.05) is 18.7 Å². The SMILES string of the molecule is C/C=N\OCC1CCOC1. The molecule has 0 amide bonds. The molecule has 3 heteroatoms. The third kappa shape index (κ3) is 2.35. The molecule has 0 aromatic carbocycles. The summed E-state index contributed by atoms with van der Waals surface area (Å²) in [7, 11) is 0. The lowest BCUT2D eigenvalue weighted by atomic mass is 10.1. The second-order valence-corrected chi connectivity index (χ2v) is 2.39. The van der Waals surface area contributed by atoms with E-state index in [9.17, 15) is 0 Å². The van der Waals surface area contributed by atoms with Crippen LogP contribution < -0.4 is 0 Å². The minimum atomic E-state index is 0.559. The lowest BCUT2D eigenvalue weighted by Crippen LogP contribution is -2.06. The predicted octanol–water partition coefficient (Wildman–Crippen LogP) is 1.05. The maximum Gasteiger partial charge on any atom is 0.122 e. The smallest absolute Gasteiger partial charge is 0.122 e. The van der Waals surface area contributed by atoms with Crippen molar-refractivity contribution in [2.45, 2.75) is 13.3 Å². The van der Waals surface area contributed by atoms with Gasteiger partial charge in [-0.15, -0.1) is 0 Å². The number of nitrogens with zero attached hydrogens (tertiary/aromatic N) is 1. The van der Waals surface area contributed by atoms with Crippen LogP contribution in [0.25, 0.3) is 0 Å². The van der Waals surface area contributed by atoms with Crippen molar-refractivity contribution in [2.24, 2.45) is 11.1 Å². The standard InChI is InChI=1S/C7H13NO2/c1-2-8-10-6-7-3-4-9-5-7/h2,7H,3-6H2,1H3/b8-2-. The fourth-order valence-electron chi connectivity index (χ4n) is 0.938. The van der Waals surface area contributed by atoms with Crippen LogP contribution >= 0.6 is 0 Å². The van der Waals surface area contributed by atoms with Gasteiger partial charge in [-0.2, -0.15) is 0 Å². The lowest BCUT2D eigenvalue weighted by Gasteiger charge is -2.03. The summed E-state index contributed by atoms with van der Waals surface area (Å²) in [5.74, 6) is 0.559. The van der Waals surface area contributed by atoms with Crippen molar-refractivity contribution in [2.75, 3.05) is 19.8 Å². The molecule has 0 spiro atoms. The Labute approximate surface area is 61.0 Å². The molecule has 0 radical (unpaired) electrons. The van der Waals surface area contributed by atoms with E-state index in [1.54, 1.807) is 6.21 Å². The second-order valence-electron chi connectivity index (χ2n) is 2.39. The van der Waals surface area contributed by atoms with E-state index in [2.05, 4.69) is 5.16 Å². The third-order valence-corrected chi connectivity index (χ3v) is 1.51. The lowest BCUT2D eigenvalue weighted by molar-refractivity contribution is 0.0967. The molecule has 0 bridgehead atoms. The second kappa shape index (κ2) is 4.28. The van der Waals surface area contributed by atoms with Gasteiger partial charge in [0.1, 0.15) is 6.61 Å². The summed E-state index contributed by atoms with van der Waals surface area (Å²) < 4.78 is 5.16. The average molecular weight is 143 g/mol. The van der Waals surface area contributed by atoms with Crippen molar-refractivity contribution in [1.29, 1.82) is 0 Å². The molecule has 0 aliphatic carbocycles. The first-order valence-electron chi connectivity index (χ1n) is 3.61. The quantitative estimate of drug-likeness (QED) is 0.436.